The standard InChI is InChI=1S/C16H24ClN3O4/c1-2-3-4-5-6-7-8-9-12-18(17)15-11-10-14(19(21)22)13-16(15)20(23)24/h10-11,13H,2-9,12H2,1H3. The molecular formula is C16H24ClN3O4. The topological polar surface area (TPSA) is 89.5 Å². The second-order valence-corrected chi connectivity index (χ2v) is 6.16. The number of halogens is 1. The highest BCUT2D eigenvalue weighted by atomic mass is 35.5. The summed E-state index contributed by atoms with van der Waals surface area (Å²) in [4.78, 5) is 20.5. The lowest BCUT2D eigenvalue weighted by Crippen LogP contribution is -2.13. The summed E-state index contributed by atoms with van der Waals surface area (Å²) in [6, 6.07) is 3.50. The Morgan fingerprint density at radius 2 is 1.54 bits per heavy atom. The molecule has 7 nitrogen and oxygen atoms in total. The maximum absolute atomic E-state index is 11.1. The van der Waals surface area contributed by atoms with E-state index in [0.29, 0.717) is 6.54 Å². The summed E-state index contributed by atoms with van der Waals surface area (Å²) in [6.45, 7) is 2.65. The minimum absolute atomic E-state index is 0.190. The average Bonchev–Trinajstić information content (AvgIpc) is 2.56. The van der Waals surface area contributed by atoms with E-state index < -0.39 is 9.85 Å². The summed E-state index contributed by atoms with van der Waals surface area (Å²) >= 11 is 6.13. The minimum Gasteiger partial charge on any atom is -0.279 e. The van der Waals surface area contributed by atoms with Crippen LogP contribution >= 0.6 is 11.8 Å². The lowest BCUT2D eigenvalue weighted by Gasteiger charge is -2.15. The number of unbranched alkanes of at least 4 members (excludes halogenated alkanes) is 7. The molecule has 0 amide bonds. The zero-order chi connectivity index (χ0) is 17.9. The molecule has 8 heteroatoms. The molecule has 0 aliphatic carbocycles. The van der Waals surface area contributed by atoms with Crippen LogP contribution in [0.15, 0.2) is 18.2 Å². The van der Waals surface area contributed by atoms with Gasteiger partial charge in [-0.1, -0.05) is 51.9 Å². The first-order valence-corrected chi connectivity index (χ1v) is 8.67. The number of rotatable bonds is 12. The van der Waals surface area contributed by atoms with Crippen LogP contribution in [0.3, 0.4) is 0 Å². The van der Waals surface area contributed by atoms with Crippen LogP contribution in [0.5, 0.6) is 0 Å². The van der Waals surface area contributed by atoms with E-state index in [1.54, 1.807) is 0 Å². The largest absolute Gasteiger partial charge is 0.300 e. The number of hydrogen-bond donors (Lipinski definition) is 0. The van der Waals surface area contributed by atoms with Crippen LogP contribution in [0.25, 0.3) is 0 Å². The molecule has 0 saturated carbocycles. The Hall–Kier alpha value is -1.89. The monoisotopic (exact) mass is 357 g/mol. The van der Waals surface area contributed by atoms with Crippen LogP contribution in [0.1, 0.15) is 58.3 Å². The molecule has 1 aromatic carbocycles. The Kier molecular flexibility index (Phi) is 9.07. The highest BCUT2D eigenvalue weighted by Gasteiger charge is 2.22. The molecule has 0 aliphatic rings. The maximum atomic E-state index is 11.1. The number of nitro groups is 2. The third-order valence-electron chi connectivity index (χ3n) is 3.84. The van der Waals surface area contributed by atoms with E-state index in [9.17, 15) is 20.2 Å². The van der Waals surface area contributed by atoms with Gasteiger partial charge in [0.2, 0.25) is 0 Å². The third kappa shape index (κ3) is 6.70. The van der Waals surface area contributed by atoms with Crippen LogP contribution in [0.2, 0.25) is 0 Å². The summed E-state index contributed by atoms with van der Waals surface area (Å²) in [5.41, 5.74) is -0.475. The Balaban J connectivity index is 2.48. The minimum atomic E-state index is -0.659. The van der Waals surface area contributed by atoms with E-state index in [1.807, 2.05) is 0 Å². The molecule has 0 fully saturated rings. The fraction of sp³-hybridized carbons (Fsp3) is 0.625. The number of hydrogen-bond acceptors (Lipinski definition) is 5. The molecule has 0 spiro atoms. The lowest BCUT2D eigenvalue weighted by molar-refractivity contribution is -0.393. The molecule has 0 aromatic heterocycles. The van der Waals surface area contributed by atoms with Crippen molar-refractivity contribution in [1.29, 1.82) is 0 Å². The molecule has 134 valence electrons. The molecule has 1 rings (SSSR count). The van der Waals surface area contributed by atoms with Crippen LogP contribution in [0, 0.1) is 20.2 Å². The van der Waals surface area contributed by atoms with Gasteiger partial charge in [-0.2, -0.15) is 0 Å². The van der Waals surface area contributed by atoms with Crippen molar-refractivity contribution in [3.05, 3.63) is 38.4 Å². The number of anilines is 1. The average molecular weight is 358 g/mol. The zero-order valence-corrected chi connectivity index (χ0v) is 14.7. The second kappa shape index (κ2) is 10.8. The van der Waals surface area contributed by atoms with Gasteiger partial charge in [-0.15, -0.1) is 0 Å². The van der Waals surface area contributed by atoms with Gasteiger partial charge < -0.3 is 0 Å². The molecule has 0 radical (unpaired) electrons. The fourth-order valence-corrected chi connectivity index (χ4v) is 2.74. The summed E-state index contributed by atoms with van der Waals surface area (Å²) in [5, 5.41) is 21.8. The van der Waals surface area contributed by atoms with Crippen LogP contribution < -0.4 is 4.42 Å². The SMILES string of the molecule is CCCCCCCCCCN(Cl)c1ccc([N+](=O)[O-])cc1[N+](=O)[O-]. The number of nitro benzene ring substituents is 2. The molecule has 0 unspecified atom stereocenters. The Morgan fingerprint density at radius 3 is 2.08 bits per heavy atom. The van der Waals surface area contributed by atoms with E-state index >= 15 is 0 Å². The molecule has 0 heterocycles. The first kappa shape index (κ1) is 20.2. The van der Waals surface area contributed by atoms with Crippen molar-refractivity contribution in [2.75, 3.05) is 11.0 Å². The van der Waals surface area contributed by atoms with Crippen molar-refractivity contribution in [1.82, 2.24) is 0 Å². The third-order valence-corrected chi connectivity index (χ3v) is 4.19. The van der Waals surface area contributed by atoms with Crippen molar-refractivity contribution in [3.63, 3.8) is 0 Å². The van der Waals surface area contributed by atoms with Gasteiger partial charge in [-0.3, -0.25) is 24.6 Å². The quantitative estimate of drug-likeness (QED) is 0.210. The molecule has 0 N–H and O–H groups in total. The van der Waals surface area contributed by atoms with E-state index in [2.05, 4.69) is 6.92 Å². The van der Waals surface area contributed by atoms with Crippen LogP contribution in [0.4, 0.5) is 17.1 Å². The predicted molar refractivity (Wildman–Crippen MR) is 95.6 cm³/mol. The normalized spacial score (nSPS) is 10.6. The molecule has 0 bridgehead atoms. The molecule has 0 aliphatic heterocycles. The molecule has 24 heavy (non-hydrogen) atoms. The van der Waals surface area contributed by atoms with Gasteiger partial charge in [0.1, 0.15) is 5.69 Å². The first-order chi connectivity index (χ1) is 11.5. The van der Waals surface area contributed by atoms with Crippen molar-refractivity contribution in [2.45, 2.75) is 58.3 Å². The Bertz CT molecular complexity index is 554. The summed E-state index contributed by atoms with van der Waals surface area (Å²) < 4.78 is 1.28. The van der Waals surface area contributed by atoms with Crippen molar-refractivity contribution < 1.29 is 9.85 Å². The van der Waals surface area contributed by atoms with Gasteiger partial charge in [0.25, 0.3) is 5.69 Å². The van der Waals surface area contributed by atoms with Crippen LogP contribution in [-0.2, 0) is 0 Å². The van der Waals surface area contributed by atoms with Crippen molar-refractivity contribution in [2.24, 2.45) is 0 Å². The highest BCUT2D eigenvalue weighted by molar-refractivity contribution is 6.26. The molecule has 0 saturated heterocycles. The van der Waals surface area contributed by atoms with Gasteiger partial charge in [0, 0.05) is 24.4 Å². The molecular weight excluding hydrogens is 334 g/mol. The van der Waals surface area contributed by atoms with E-state index in [-0.39, 0.29) is 17.1 Å². The summed E-state index contributed by atoms with van der Waals surface area (Å²) in [5.74, 6) is 0. The number of benzene rings is 1. The van der Waals surface area contributed by atoms with E-state index in [0.717, 1.165) is 25.3 Å². The van der Waals surface area contributed by atoms with Gasteiger partial charge in [0.15, 0.2) is 0 Å². The molecule has 1 aromatic rings. The van der Waals surface area contributed by atoms with Gasteiger partial charge >= 0.3 is 5.69 Å². The smallest absolute Gasteiger partial charge is 0.279 e. The molecule has 0 atom stereocenters. The Labute approximate surface area is 147 Å². The number of non-ortho nitro benzene ring substituents is 1. The van der Waals surface area contributed by atoms with Crippen LogP contribution in [-0.4, -0.2) is 16.4 Å². The zero-order valence-electron chi connectivity index (χ0n) is 13.9. The van der Waals surface area contributed by atoms with Gasteiger partial charge in [-0.05, 0) is 12.5 Å². The van der Waals surface area contributed by atoms with Crippen molar-refractivity contribution >= 4 is 28.8 Å². The summed E-state index contributed by atoms with van der Waals surface area (Å²) in [7, 11) is 0. The van der Waals surface area contributed by atoms with E-state index in [1.165, 1.54) is 48.7 Å². The Morgan fingerprint density at radius 1 is 0.958 bits per heavy atom. The number of nitrogens with zero attached hydrogens (tertiary/aromatic N) is 3. The predicted octanol–water partition coefficient (Wildman–Crippen LogP) is 5.60. The van der Waals surface area contributed by atoms with Gasteiger partial charge in [0.05, 0.1) is 15.9 Å². The fourth-order valence-electron chi connectivity index (χ4n) is 2.48. The second-order valence-electron chi connectivity index (χ2n) is 5.75. The highest BCUT2D eigenvalue weighted by Crippen LogP contribution is 2.33. The summed E-state index contributed by atoms with van der Waals surface area (Å²) in [6.07, 6.45) is 9.17. The van der Waals surface area contributed by atoms with Gasteiger partial charge in [-0.25, -0.2) is 0 Å². The maximum Gasteiger partial charge on any atom is 0.300 e. The lowest BCUT2D eigenvalue weighted by atomic mass is 10.1. The first-order valence-electron chi connectivity index (χ1n) is 8.33. The van der Waals surface area contributed by atoms with Crippen molar-refractivity contribution in [3.8, 4) is 0 Å². The van der Waals surface area contributed by atoms with E-state index in [4.69, 9.17) is 11.8 Å².